The summed E-state index contributed by atoms with van der Waals surface area (Å²) in [4.78, 5) is 0. The summed E-state index contributed by atoms with van der Waals surface area (Å²) in [5.41, 5.74) is 14.9. The Kier molecular flexibility index (Phi) is 11.1. The second-order valence-electron chi connectivity index (χ2n) is 18.7. The van der Waals surface area contributed by atoms with Crippen LogP contribution in [0, 0.1) is 0 Å². The van der Waals surface area contributed by atoms with E-state index in [1.165, 1.54) is 88.9 Å². The number of hydrogen-bond acceptors (Lipinski definition) is 0. The van der Waals surface area contributed by atoms with Crippen molar-refractivity contribution in [1.82, 2.24) is 0 Å². The van der Waals surface area contributed by atoms with E-state index in [2.05, 4.69) is 222 Å². The van der Waals surface area contributed by atoms with Gasteiger partial charge in [0, 0.05) is 0 Å². The van der Waals surface area contributed by atoms with Crippen molar-refractivity contribution in [3.63, 3.8) is 0 Å². The molecule has 0 bridgehead atoms. The van der Waals surface area contributed by atoms with E-state index in [9.17, 15) is 0 Å². The van der Waals surface area contributed by atoms with Crippen LogP contribution in [0.4, 0.5) is 0 Å². The van der Waals surface area contributed by atoms with E-state index in [-0.39, 0.29) is 0 Å². The van der Waals surface area contributed by atoms with Gasteiger partial charge in [-0.05, 0) is 0 Å². The normalized spacial score (nSPS) is 16.5. The molecule has 0 radical (unpaired) electrons. The Balaban J connectivity index is 1.34. The van der Waals surface area contributed by atoms with Crippen LogP contribution in [0.5, 0.6) is 0 Å². The van der Waals surface area contributed by atoms with Gasteiger partial charge in [-0.1, -0.05) is 0 Å². The Labute approximate surface area is 371 Å². The van der Waals surface area contributed by atoms with Crippen LogP contribution >= 0.6 is 0 Å². The molecule has 62 heavy (non-hydrogen) atoms. The third-order valence-electron chi connectivity index (χ3n) is 15.5. The van der Waals surface area contributed by atoms with Crippen molar-refractivity contribution >= 4 is 50.0 Å². The summed E-state index contributed by atoms with van der Waals surface area (Å²) in [7, 11) is 0. The van der Waals surface area contributed by atoms with Crippen LogP contribution < -0.4 is 10.4 Å². The third kappa shape index (κ3) is 6.47. The van der Waals surface area contributed by atoms with E-state index < -0.39 is 23.9 Å². The van der Waals surface area contributed by atoms with Gasteiger partial charge in [0.15, 0.2) is 0 Å². The fourth-order valence-electron chi connectivity index (χ4n) is 13.5. The molecule has 2 atom stereocenters. The van der Waals surface area contributed by atoms with Gasteiger partial charge in [-0.15, -0.1) is 0 Å². The molecule has 0 amide bonds. The summed E-state index contributed by atoms with van der Waals surface area (Å²) < 4.78 is 3.55. The molecule has 0 spiro atoms. The first-order valence-corrected chi connectivity index (χ1v) is 35.6. The zero-order chi connectivity index (χ0) is 42.3. The number of hydrogen-bond donors (Lipinski definition) is 0. The van der Waals surface area contributed by atoms with E-state index in [4.69, 9.17) is 0 Å². The number of rotatable bonds is 13. The minimum absolute atomic E-state index is 0.414. The predicted octanol–water partition coefficient (Wildman–Crippen LogP) is 15.6. The fourth-order valence-corrected chi connectivity index (χ4v) is 71.9. The van der Waals surface area contributed by atoms with Crippen molar-refractivity contribution in [1.29, 1.82) is 0 Å². The average Bonchev–Trinajstić information content (AvgIpc) is 3.87. The Hall–Kier alpha value is -5.14. The number of allylic oxidation sites excluding steroid dienone is 2. The zero-order valence-corrected chi connectivity index (χ0v) is 40.6. The molecule has 8 aromatic rings. The first-order chi connectivity index (χ1) is 30.5. The second kappa shape index (κ2) is 16.9. The quantitative estimate of drug-likeness (QED) is 0.101. The van der Waals surface area contributed by atoms with Gasteiger partial charge >= 0.3 is 374 Å². The molecule has 2 aliphatic rings. The first kappa shape index (κ1) is 40.9. The topological polar surface area (TPSA) is 0 Å². The number of fused-ring (bicyclic) bond motifs is 4. The molecule has 0 nitrogen and oxygen atoms in total. The summed E-state index contributed by atoms with van der Waals surface area (Å²) in [6.45, 7) is 10.0. The molecule has 0 aliphatic heterocycles. The molecule has 2 unspecified atom stereocenters. The Morgan fingerprint density at radius 1 is 0.403 bits per heavy atom. The average molecular weight is 899 g/mol. The maximum absolute atomic E-state index is 4.71. The molecule has 2 aliphatic carbocycles. The van der Waals surface area contributed by atoms with E-state index in [0.717, 1.165) is 0 Å². The van der Waals surface area contributed by atoms with Crippen LogP contribution in [0.2, 0.25) is 8.26 Å². The van der Waals surface area contributed by atoms with Gasteiger partial charge < -0.3 is 0 Å². The molecule has 0 saturated carbocycles. The minimum atomic E-state index is -4.71. The van der Waals surface area contributed by atoms with E-state index in [1.807, 2.05) is 0 Å². The molecular formula is C60H59SiZr. The molecule has 0 heterocycles. The number of benzene rings is 8. The monoisotopic (exact) mass is 897 g/mol. The van der Waals surface area contributed by atoms with Gasteiger partial charge in [-0.3, -0.25) is 0 Å². The first-order valence-electron chi connectivity index (χ1n) is 23.3. The Bertz CT molecular complexity index is 2780. The van der Waals surface area contributed by atoms with Gasteiger partial charge in [0.1, 0.15) is 0 Å². The SMILES string of the molecule is CCC[CH2][Zr]([CH2]CCC)([CH]1C(C)=Cc2c(-c3cccc4ccccc34)cccc21)([CH]1C(C)=Cc2c(-c3cccc4ccccc34)cccc21)[SiH](c1ccccc1)c1ccccc1. The van der Waals surface area contributed by atoms with Crippen LogP contribution in [0.1, 0.15) is 82.9 Å². The molecule has 2 heteroatoms. The Morgan fingerprint density at radius 3 is 1.21 bits per heavy atom. The van der Waals surface area contributed by atoms with Crippen molar-refractivity contribution in [3.05, 3.63) is 215 Å². The summed E-state index contributed by atoms with van der Waals surface area (Å²) in [5, 5.41) is 8.58. The molecule has 0 aromatic heterocycles. The van der Waals surface area contributed by atoms with Crippen LogP contribution in [-0.2, 0) is 17.9 Å². The standard InChI is InChI=1S/2C20H15.C12H11Si.2C4H9.Zr/c2*1-14-12-16-8-5-11-19(20(16)13-14)18-10-4-7-15-6-2-3-9-17(15)18;1-3-7-11(8-4-1)13-12-9-5-2-6-10-12;2*1-3-4-2;/h2*2-13H,1H3;1-10,13H;2*1,3-4H2,2H3;. The number of unbranched alkanes of at least 4 members (excludes halogenated alkanes) is 2. The van der Waals surface area contributed by atoms with Crippen molar-refractivity contribution in [2.24, 2.45) is 0 Å². The maximum atomic E-state index is 2.69. The molecule has 0 fully saturated rings. The summed E-state index contributed by atoms with van der Waals surface area (Å²) >= 11 is -4.71. The van der Waals surface area contributed by atoms with Crippen LogP contribution in [0.25, 0.3) is 56.0 Å². The fraction of sp³-hybridized carbons (Fsp3) is 0.200. The van der Waals surface area contributed by atoms with Crippen LogP contribution in [0.3, 0.4) is 0 Å². The van der Waals surface area contributed by atoms with E-state index in [1.54, 1.807) is 32.6 Å². The summed E-state index contributed by atoms with van der Waals surface area (Å²) in [6.07, 6.45) is 10.3. The predicted molar refractivity (Wildman–Crippen MR) is 270 cm³/mol. The summed E-state index contributed by atoms with van der Waals surface area (Å²) in [5.74, 6) is -2.03. The summed E-state index contributed by atoms with van der Waals surface area (Å²) in [6, 6.07) is 70.8. The Morgan fingerprint density at radius 2 is 0.774 bits per heavy atom. The van der Waals surface area contributed by atoms with Crippen molar-refractivity contribution in [2.75, 3.05) is 0 Å². The van der Waals surface area contributed by atoms with E-state index >= 15 is 0 Å². The van der Waals surface area contributed by atoms with Crippen molar-refractivity contribution in [2.45, 2.75) is 68.9 Å². The molecular weight excluding hydrogens is 840 g/mol. The molecule has 0 N–H and O–H groups in total. The third-order valence-corrected chi connectivity index (χ3v) is 61.1. The van der Waals surface area contributed by atoms with Gasteiger partial charge in [0.2, 0.25) is 0 Å². The molecule has 0 saturated heterocycles. The van der Waals surface area contributed by atoms with Crippen molar-refractivity contribution < 1.29 is 17.9 Å². The zero-order valence-electron chi connectivity index (χ0n) is 36.9. The van der Waals surface area contributed by atoms with E-state index in [0.29, 0.717) is 7.25 Å². The molecule has 8 aromatic carbocycles. The second-order valence-corrected chi connectivity index (χ2v) is 49.0. The van der Waals surface area contributed by atoms with Gasteiger partial charge in [-0.25, -0.2) is 0 Å². The van der Waals surface area contributed by atoms with Crippen molar-refractivity contribution in [3.8, 4) is 22.3 Å². The van der Waals surface area contributed by atoms with Gasteiger partial charge in [-0.2, -0.15) is 0 Å². The van der Waals surface area contributed by atoms with Gasteiger partial charge in [0.25, 0.3) is 0 Å². The van der Waals surface area contributed by atoms with Crippen LogP contribution in [0.15, 0.2) is 193 Å². The molecule has 307 valence electrons. The molecule has 10 rings (SSSR count). The van der Waals surface area contributed by atoms with Gasteiger partial charge in [0.05, 0.1) is 0 Å². The van der Waals surface area contributed by atoms with Crippen LogP contribution in [-0.4, -0.2) is 5.92 Å².